The van der Waals surface area contributed by atoms with Crippen LogP contribution in [0.25, 0.3) is 0 Å². The highest BCUT2D eigenvalue weighted by molar-refractivity contribution is 5.93. The number of ether oxygens (including phenoxy) is 2. The molecule has 0 rings (SSSR count). The van der Waals surface area contributed by atoms with Crippen molar-refractivity contribution in [3.8, 4) is 0 Å². The monoisotopic (exact) mass is 370 g/mol. The number of carbonyl (C=O) groups is 2. The first-order valence-electron chi connectivity index (χ1n) is 9.34. The van der Waals surface area contributed by atoms with Crippen LogP contribution in [0.5, 0.6) is 0 Å². The fraction of sp³-hybridized carbons (Fsp3) is 0.778. The van der Waals surface area contributed by atoms with Crippen molar-refractivity contribution in [2.45, 2.75) is 77.0 Å². The Bertz CT molecular complexity index is 401. The first kappa shape index (κ1) is 23.9. The third-order valence-electron chi connectivity index (χ3n) is 3.98. The summed E-state index contributed by atoms with van der Waals surface area (Å²) in [6.07, 6.45) is 11.1. The molecular formula is C18H34N4O4. The molecule has 0 bridgehead atoms. The van der Waals surface area contributed by atoms with E-state index in [2.05, 4.69) is 20.1 Å². The number of hydrogen-bond donors (Lipinski definition) is 4. The number of hydrogen-bond acceptors (Lipinski definition) is 6. The Hall–Kier alpha value is -2.12. The summed E-state index contributed by atoms with van der Waals surface area (Å²) in [5.74, 6) is 0.429. The molecule has 26 heavy (non-hydrogen) atoms. The van der Waals surface area contributed by atoms with Crippen molar-refractivity contribution in [3.63, 3.8) is 0 Å². The minimum absolute atomic E-state index is 0.215. The first-order chi connectivity index (χ1) is 12.5. The zero-order valence-corrected chi connectivity index (χ0v) is 16.1. The van der Waals surface area contributed by atoms with E-state index in [0.717, 1.165) is 38.5 Å². The maximum Gasteiger partial charge on any atom is 0.412 e. The van der Waals surface area contributed by atoms with Gasteiger partial charge < -0.3 is 9.47 Å². The van der Waals surface area contributed by atoms with Crippen LogP contribution in [0.2, 0.25) is 0 Å². The van der Waals surface area contributed by atoms with Crippen molar-refractivity contribution in [2.75, 3.05) is 14.2 Å². The number of unbranched alkanes of at least 4 members (excludes halogenated alkanes) is 9. The van der Waals surface area contributed by atoms with Crippen LogP contribution in [-0.2, 0) is 9.47 Å². The highest BCUT2D eigenvalue weighted by Crippen LogP contribution is 2.12. The molecule has 8 heteroatoms. The molecule has 0 fully saturated rings. The van der Waals surface area contributed by atoms with Gasteiger partial charge in [-0.25, -0.2) is 9.59 Å². The summed E-state index contributed by atoms with van der Waals surface area (Å²) >= 11 is 0. The number of alkyl carbamates (subject to hydrolysis) is 2. The SMILES string of the molecule is COC(=O)NC(=N)CCCCCCCCCCCCC(=N)NC(=O)OC. The lowest BCUT2D eigenvalue weighted by Crippen LogP contribution is -2.29. The van der Waals surface area contributed by atoms with Crippen molar-refractivity contribution in [3.05, 3.63) is 0 Å². The highest BCUT2D eigenvalue weighted by Gasteiger charge is 2.04. The van der Waals surface area contributed by atoms with E-state index in [1.165, 1.54) is 39.9 Å². The molecule has 0 heterocycles. The summed E-state index contributed by atoms with van der Waals surface area (Å²) in [7, 11) is 2.58. The van der Waals surface area contributed by atoms with E-state index >= 15 is 0 Å². The van der Waals surface area contributed by atoms with Crippen LogP contribution >= 0.6 is 0 Å². The lowest BCUT2D eigenvalue weighted by atomic mass is 10.0. The van der Waals surface area contributed by atoms with Crippen molar-refractivity contribution in [1.82, 2.24) is 10.6 Å². The van der Waals surface area contributed by atoms with Crippen LogP contribution in [-0.4, -0.2) is 38.1 Å². The predicted octanol–water partition coefficient (Wildman–Crippen LogP) is 4.33. The Kier molecular flexibility index (Phi) is 15.0. The third-order valence-corrected chi connectivity index (χ3v) is 3.98. The van der Waals surface area contributed by atoms with Gasteiger partial charge in [0, 0.05) is 12.8 Å². The Labute approximate surface area is 156 Å². The number of carbonyl (C=O) groups excluding carboxylic acids is 2. The molecule has 4 N–H and O–H groups in total. The van der Waals surface area contributed by atoms with Crippen LogP contribution in [0.4, 0.5) is 9.59 Å². The fourth-order valence-corrected chi connectivity index (χ4v) is 2.49. The minimum Gasteiger partial charge on any atom is -0.453 e. The molecular weight excluding hydrogens is 336 g/mol. The fourth-order valence-electron chi connectivity index (χ4n) is 2.49. The molecule has 150 valence electrons. The lowest BCUT2D eigenvalue weighted by molar-refractivity contribution is 0.175. The molecule has 0 spiro atoms. The lowest BCUT2D eigenvalue weighted by Gasteiger charge is -2.06. The van der Waals surface area contributed by atoms with Gasteiger partial charge in [-0.1, -0.05) is 51.4 Å². The third kappa shape index (κ3) is 15.4. The number of nitrogens with one attached hydrogen (secondary N) is 4. The number of rotatable bonds is 13. The molecule has 0 aliphatic heterocycles. The van der Waals surface area contributed by atoms with E-state index in [9.17, 15) is 9.59 Å². The summed E-state index contributed by atoms with van der Waals surface area (Å²) in [5, 5.41) is 19.9. The smallest absolute Gasteiger partial charge is 0.412 e. The summed E-state index contributed by atoms with van der Waals surface area (Å²) in [6, 6.07) is 0. The quantitative estimate of drug-likeness (QED) is 0.219. The van der Waals surface area contributed by atoms with Crippen LogP contribution in [0.1, 0.15) is 77.0 Å². The van der Waals surface area contributed by atoms with E-state index < -0.39 is 12.2 Å². The minimum atomic E-state index is -0.577. The topological polar surface area (TPSA) is 124 Å². The summed E-state index contributed by atoms with van der Waals surface area (Å²) < 4.78 is 8.87. The molecule has 0 aliphatic carbocycles. The van der Waals surface area contributed by atoms with Gasteiger partial charge in [0.25, 0.3) is 0 Å². The number of amidine groups is 2. The second kappa shape index (κ2) is 16.4. The summed E-state index contributed by atoms with van der Waals surface area (Å²) in [6.45, 7) is 0. The molecule has 0 saturated heterocycles. The normalized spacial score (nSPS) is 10.1. The Morgan fingerprint density at radius 1 is 0.615 bits per heavy atom. The standard InChI is InChI=1S/C18H34N4O4/c1-25-17(23)21-15(19)13-11-9-7-5-3-4-6-8-10-12-14-16(20)22-18(24)26-2/h3-14H2,1-2H3,(H2,19,21,23)(H2,20,22,24). The van der Waals surface area contributed by atoms with Gasteiger partial charge in [0.15, 0.2) is 0 Å². The molecule has 0 atom stereocenters. The van der Waals surface area contributed by atoms with Crippen molar-refractivity contribution < 1.29 is 19.1 Å². The van der Waals surface area contributed by atoms with E-state index in [1.807, 2.05) is 0 Å². The van der Waals surface area contributed by atoms with Crippen molar-refractivity contribution in [1.29, 1.82) is 10.8 Å². The van der Waals surface area contributed by atoms with E-state index in [4.69, 9.17) is 10.8 Å². The second-order valence-electron chi connectivity index (χ2n) is 6.23. The largest absolute Gasteiger partial charge is 0.453 e. The van der Waals surface area contributed by atoms with Gasteiger partial charge in [0.05, 0.1) is 14.2 Å². The number of methoxy groups -OCH3 is 2. The molecule has 0 aromatic heterocycles. The molecule has 0 aliphatic rings. The molecule has 8 nitrogen and oxygen atoms in total. The molecule has 0 unspecified atom stereocenters. The van der Waals surface area contributed by atoms with Gasteiger partial charge in [0.1, 0.15) is 11.7 Å². The zero-order valence-electron chi connectivity index (χ0n) is 16.1. The maximum absolute atomic E-state index is 10.9. The van der Waals surface area contributed by atoms with Crippen LogP contribution < -0.4 is 10.6 Å². The van der Waals surface area contributed by atoms with Gasteiger partial charge >= 0.3 is 12.2 Å². The van der Waals surface area contributed by atoms with Crippen LogP contribution in [0.15, 0.2) is 0 Å². The Balaban J connectivity index is 3.29. The van der Waals surface area contributed by atoms with Crippen LogP contribution in [0.3, 0.4) is 0 Å². The predicted molar refractivity (Wildman–Crippen MR) is 102 cm³/mol. The van der Waals surface area contributed by atoms with Crippen LogP contribution in [0, 0.1) is 10.8 Å². The summed E-state index contributed by atoms with van der Waals surface area (Å²) in [5.41, 5.74) is 0. The van der Waals surface area contributed by atoms with Gasteiger partial charge in [-0.05, 0) is 12.8 Å². The zero-order chi connectivity index (χ0) is 19.6. The second-order valence-corrected chi connectivity index (χ2v) is 6.23. The van der Waals surface area contributed by atoms with E-state index in [-0.39, 0.29) is 11.7 Å². The molecule has 0 radical (unpaired) electrons. The van der Waals surface area contributed by atoms with Gasteiger partial charge in [-0.15, -0.1) is 0 Å². The highest BCUT2D eigenvalue weighted by atomic mass is 16.5. The van der Waals surface area contributed by atoms with Gasteiger partial charge in [-0.2, -0.15) is 0 Å². The van der Waals surface area contributed by atoms with E-state index in [1.54, 1.807) is 0 Å². The molecule has 0 saturated carbocycles. The van der Waals surface area contributed by atoms with Gasteiger partial charge in [0.2, 0.25) is 0 Å². The average Bonchev–Trinajstić information content (AvgIpc) is 2.62. The van der Waals surface area contributed by atoms with Crippen molar-refractivity contribution >= 4 is 23.9 Å². The Morgan fingerprint density at radius 2 is 0.885 bits per heavy atom. The number of amides is 2. The first-order valence-corrected chi connectivity index (χ1v) is 9.34. The summed E-state index contributed by atoms with van der Waals surface area (Å²) in [4.78, 5) is 21.8. The van der Waals surface area contributed by atoms with Crippen molar-refractivity contribution in [2.24, 2.45) is 0 Å². The molecule has 2 amide bonds. The maximum atomic E-state index is 10.9. The average molecular weight is 370 g/mol. The molecule has 0 aromatic carbocycles. The molecule has 0 aromatic rings. The van der Waals surface area contributed by atoms with Gasteiger partial charge in [-0.3, -0.25) is 21.5 Å². The van der Waals surface area contributed by atoms with E-state index in [0.29, 0.717) is 12.8 Å². The Morgan fingerprint density at radius 3 is 1.15 bits per heavy atom.